The molecule has 17 heavy (non-hydrogen) atoms. The summed E-state index contributed by atoms with van der Waals surface area (Å²) in [5.41, 5.74) is 3.64. The van der Waals surface area contributed by atoms with Crippen LogP contribution in [0.15, 0.2) is 0 Å². The van der Waals surface area contributed by atoms with Gasteiger partial charge in [-0.2, -0.15) is 0 Å². The van der Waals surface area contributed by atoms with Crippen molar-refractivity contribution in [2.24, 2.45) is 11.7 Å². The van der Waals surface area contributed by atoms with Crippen LogP contribution in [0.25, 0.3) is 0 Å². The molecule has 0 unspecified atom stereocenters. The summed E-state index contributed by atoms with van der Waals surface area (Å²) in [5, 5.41) is 2.49. The minimum Gasteiger partial charge on any atom is -0.444 e. The van der Waals surface area contributed by atoms with Crippen molar-refractivity contribution in [1.82, 2.24) is 5.32 Å². The third kappa shape index (κ3) is 4.89. The molecule has 0 aromatic carbocycles. The minimum atomic E-state index is -1.32. The molecule has 1 saturated carbocycles. The second kappa shape index (κ2) is 5.21. The number of nitrogens with two attached hydrogens (primary N) is 1. The number of rotatable bonds is 3. The van der Waals surface area contributed by atoms with Crippen molar-refractivity contribution in [3.05, 3.63) is 0 Å². The third-order valence-corrected chi connectivity index (χ3v) is 2.94. The van der Waals surface area contributed by atoms with Crippen molar-refractivity contribution in [1.29, 1.82) is 0 Å². The topological polar surface area (TPSA) is 64.3 Å². The van der Waals surface area contributed by atoms with Gasteiger partial charge < -0.3 is 15.8 Å². The maximum atomic E-state index is 14.2. The van der Waals surface area contributed by atoms with Crippen LogP contribution in [0.3, 0.4) is 0 Å². The lowest BCUT2D eigenvalue weighted by Gasteiger charge is -2.23. The van der Waals surface area contributed by atoms with E-state index < -0.39 is 17.4 Å². The average molecular weight is 246 g/mol. The molecule has 1 fully saturated rings. The first-order valence-corrected chi connectivity index (χ1v) is 6.10. The molecule has 3 N–H and O–H groups in total. The molecule has 0 heterocycles. The summed E-state index contributed by atoms with van der Waals surface area (Å²) >= 11 is 0. The van der Waals surface area contributed by atoms with Crippen molar-refractivity contribution in [3.63, 3.8) is 0 Å². The summed E-state index contributed by atoms with van der Waals surface area (Å²) in [7, 11) is 0. The van der Waals surface area contributed by atoms with E-state index >= 15 is 0 Å². The standard InChI is InChI=1S/C12H23FN2O2/c1-11(2,3)17-10(16)15-8-12(13)5-4-9(6-12)7-14/h9H,4-8,14H2,1-3H3,(H,15,16)/t9-,12+/m0/s1. The third-order valence-electron chi connectivity index (χ3n) is 2.94. The lowest BCUT2D eigenvalue weighted by molar-refractivity contribution is 0.0476. The first-order chi connectivity index (χ1) is 7.74. The molecule has 0 saturated heterocycles. The summed E-state index contributed by atoms with van der Waals surface area (Å²) in [6, 6.07) is 0. The van der Waals surface area contributed by atoms with E-state index in [0.29, 0.717) is 19.4 Å². The van der Waals surface area contributed by atoms with Crippen LogP contribution in [0.4, 0.5) is 9.18 Å². The van der Waals surface area contributed by atoms with Gasteiger partial charge in [0.15, 0.2) is 0 Å². The van der Waals surface area contributed by atoms with E-state index in [0.717, 1.165) is 6.42 Å². The normalized spacial score (nSPS) is 29.1. The molecule has 0 bridgehead atoms. The summed E-state index contributed by atoms with van der Waals surface area (Å²) in [5.74, 6) is 0.237. The highest BCUT2D eigenvalue weighted by atomic mass is 19.1. The molecule has 0 spiro atoms. The molecule has 1 aliphatic rings. The molecule has 1 amide bonds. The van der Waals surface area contributed by atoms with Crippen LogP contribution in [-0.2, 0) is 4.74 Å². The van der Waals surface area contributed by atoms with Crippen molar-refractivity contribution in [2.45, 2.75) is 51.3 Å². The Balaban J connectivity index is 2.33. The van der Waals surface area contributed by atoms with Crippen LogP contribution < -0.4 is 11.1 Å². The van der Waals surface area contributed by atoms with Crippen molar-refractivity contribution >= 4 is 6.09 Å². The lowest BCUT2D eigenvalue weighted by Crippen LogP contribution is -2.40. The van der Waals surface area contributed by atoms with Crippen molar-refractivity contribution in [3.8, 4) is 0 Å². The van der Waals surface area contributed by atoms with Crippen molar-refractivity contribution in [2.75, 3.05) is 13.1 Å². The van der Waals surface area contributed by atoms with Gasteiger partial charge in [-0.15, -0.1) is 0 Å². The van der Waals surface area contributed by atoms with E-state index in [9.17, 15) is 9.18 Å². The zero-order valence-electron chi connectivity index (χ0n) is 10.9. The molecule has 100 valence electrons. The van der Waals surface area contributed by atoms with Crippen LogP contribution in [0.1, 0.15) is 40.0 Å². The molecular formula is C12H23FN2O2. The van der Waals surface area contributed by atoms with E-state index in [4.69, 9.17) is 10.5 Å². The Labute approximate surface area is 102 Å². The molecule has 5 heteroatoms. The summed E-state index contributed by atoms with van der Waals surface area (Å²) in [4.78, 5) is 11.4. The van der Waals surface area contributed by atoms with Gasteiger partial charge in [-0.25, -0.2) is 9.18 Å². The fraction of sp³-hybridized carbons (Fsp3) is 0.917. The first kappa shape index (κ1) is 14.2. The number of carbonyl (C=O) groups excluding carboxylic acids is 1. The maximum Gasteiger partial charge on any atom is 0.407 e. The Kier molecular flexibility index (Phi) is 4.36. The van der Waals surface area contributed by atoms with Crippen LogP contribution in [0, 0.1) is 5.92 Å². The van der Waals surface area contributed by atoms with Gasteiger partial charge in [-0.1, -0.05) is 0 Å². The molecule has 4 nitrogen and oxygen atoms in total. The van der Waals surface area contributed by atoms with Gasteiger partial charge in [0.1, 0.15) is 11.3 Å². The predicted molar refractivity (Wildman–Crippen MR) is 64.5 cm³/mol. The zero-order chi connectivity index (χ0) is 13.1. The van der Waals surface area contributed by atoms with Gasteiger partial charge in [0, 0.05) is 0 Å². The van der Waals surface area contributed by atoms with Gasteiger partial charge in [0.2, 0.25) is 0 Å². The largest absolute Gasteiger partial charge is 0.444 e. The van der Waals surface area contributed by atoms with Crippen LogP contribution in [0.2, 0.25) is 0 Å². The highest BCUT2D eigenvalue weighted by Gasteiger charge is 2.39. The van der Waals surface area contributed by atoms with Crippen molar-refractivity contribution < 1.29 is 13.9 Å². The zero-order valence-corrected chi connectivity index (χ0v) is 10.9. The molecular weight excluding hydrogens is 223 g/mol. The number of carbonyl (C=O) groups is 1. The fourth-order valence-electron chi connectivity index (χ4n) is 2.09. The van der Waals surface area contributed by atoms with E-state index in [1.807, 2.05) is 0 Å². The van der Waals surface area contributed by atoms with E-state index in [-0.39, 0.29) is 12.5 Å². The maximum absolute atomic E-state index is 14.2. The Morgan fingerprint density at radius 3 is 2.71 bits per heavy atom. The number of halogens is 1. The number of alkyl carbamates (subject to hydrolysis) is 1. The van der Waals surface area contributed by atoms with Gasteiger partial charge in [-0.3, -0.25) is 0 Å². The molecule has 0 radical (unpaired) electrons. The van der Waals surface area contributed by atoms with E-state index in [2.05, 4.69) is 5.32 Å². The second-order valence-corrected chi connectivity index (χ2v) is 5.85. The Morgan fingerprint density at radius 2 is 2.24 bits per heavy atom. The van der Waals surface area contributed by atoms with Gasteiger partial charge >= 0.3 is 6.09 Å². The number of hydrogen-bond donors (Lipinski definition) is 2. The van der Waals surface area contributed by atoms with Gasteiger partial charge in [-0.05, 0) is 52.5 Å². The summed E-state index contributed by atoms with van der Waals surface area (Å²) < 4.78 is 19.3. The van der Waals surface area contributed by atoms with Crippen LogP contribution >= 0.6 is 0 Å². The van der Waals surface area contributed by atoms with Crippen LogP contribution in [0.5, 0.6) is 0 Å². The number of amides is 1. The predicted octanol–water partition coefficient (Wildman–Crippen LogP) is 1.98. The number of ether oxygens (including phenoxy) is 1. The van der Waals surface area contributed by atoms with Gasteiger partial charge in [0.05, 0.1) is 6.54 Å². The quantitative estimate of drug-likeness (QED) is 0.800. The summed E-state index contributed by atoms with van der Waals surface area (Å²) in [6.45, 7) is 5.85. The highest BCUT2D eigenvalue weighted by Crippen LogP contribution is 2.36. The number of hydrogen-bond acceptors (Lipinski definition) is 3. The smallest absolute Gasteiger partial charge is 0.407 e. The molecule has 2 atom stereocenters. The minimum absolute atomic E-state index is 0.0123. The summed E-state index contributed by atoms with van der Waals surface area (Å²) in [6.07, 6.45) is 1.12. The molecule has 0 aromatic rings. The van der Waals surface area contributed by atoms with E-state index in [1.54, 1.807) is 20.8 Å². The highest BCUT2D eigenvalue weighted by molar-refractivity contribution is 5.67. The number of nitrogens with one attached hydrogen (secondary N) is 1. The van der Waals surface area contributed by atoms with Crippen LogP contribution in [-0.4, -0.2) is 30.5 Å². The molecule has 0 aliphatic heterocycles. The molecule has 0 aromatic heterocycles. The molecule has 1 aliphatic carbocycles. The fourth-order valence-corrected chi connectivity index (χ4v) is 2.09. The first-order valence-electron chi connectivity index (χ1n) is 6.10. The average Bonchev–Trinajstić information content (AvgIpc) is 2.56. The lowest BCUT2D eigenvalue weighted by atomic mass is 10.0. The monoisotopic (exact) mass is 246 g/mol. The Hall–Kier alpha value is -0.840. The van der Waals surface area contributed by atoms with Gasteiger partial charge in [0.25, 0.3) is 0 Å². The van der Waals surface area contributed by atoms with E-state index in [1.165, 1.54) is 0 Å². The Bertz CT molecular complexity index is 278. The second-order valence-electron chi connectivity index (χ2n) is 5.85. The SMILES string of the molecule is CC(C)(C)OC(=O)NC[C@@]1(F)CC[C@H](CN)C1. The molecule has 1 rings (SSSR count). The number of alkyl halides is 1. The Morgan fingerprint density at radius 1 is 1.59 bits per heavy atom.